The van der Waals surface area contributed by atoms with Crippen LogP contribution in [0.4, 0.5) is 0 Å². The van der Waals surface area contributed by atoms with E-state index in [0.29, 0.717) is 39.0 Å². The number of nitrogens with zero attached hydrogens (tertiary/aromatic N) is 2. The van der Waals surface area contributed by atoms with Gasteiger partial charge in [-0.25, -0.2) is 0 Å². The molecule has 1 aliphatic rings. The summed E-state index contributed by atoms with van der Waals surface area (Å²) in [6, 6.07) is 19.5. The lowest BCUT2D eigenvalue weighted by atomic mass is 10.1. The molecule has 5 nitrogen and oxygen atoms in total. The maximum Gasteiger partial charge on any atom is 0.239 e. The number of hydrogen-bond donors (Lipinski definition) is 1. The number of hydrogen-bond acceptors (Lipinski definition) is 3. The Bertz CT molecular complexity index is 762. The molecule has 1 heterocycles. The summed E-state index contributed by atoms with van der Waals surface area (Å²) in [5.41, 5.74) is 8.45. The minimum Gasteiger partial charge on any atom is -0.339 e. The van der Waals surface area contributed by atoms with Gasteiger partial charge in [-0.05, 0) is 30.4 Å². The first kappa shape index (κ1) is 22.9. The lowest BCUT2D eigenvalue weighted by Crippen LogP contribution is -2.54. The Hall–Kier alpha value is -2.37. The van der Waals surface area contributed by atoms with Gasteiger partial charge < -0.3 is 15.5 Å². The van der Waals surface area contributed by atoms with Crippen LogP contribution in [0.5, 0.6) is 0 Å². The number of halogens is 1. The lowest BCUT2D eigenvalue weighted by Gasteiger charge is -2.36. The zero-order valence-corrected chi connectivity index (χ0v) is 17.5. The molecule has 0 radical (unpaired) electrons. The van der Waals surface area contributed by atoms with Crippen LogP contribution in [-0.4, -0.2) is 53.8 Å². The monoisotopic (exact) mass is 415 g/mol. The molecular weight excluding hydrogens is 386 g/mol. The van der Waals surface area contributed by atoms with Gasteiger partial charge in [-0.15, -0.1) is 12.4 Å². The molecule has 6 heteroatoms. The fraction of sp³-hybridized carbons (Fsp3) is 0.391. The second-order valence-corrected chi connectivity index (χ2v) is 7.34. The molecule has 1 fully saturated rings. The summed E-state index contributed by atoms with van der Waals surface area (Å²) < 4.78 is 0. The highest BCUT2D eigenvalue weighted by atomic mass is 35.5. The molecule has 29 heavy (non-hydrogen) atoms. The van der Waals surface area contributed by atoms with Gasteiger partial charge >= 0.3 is 0 Å². The molecule has 0 saturated carbocycles. The number of piperazine rings is 1. The van der Waals surface area contributed by atoms with E-state index in [0.717, 1.165) is 18.4 Å². The molecule has 2 N–H and O–H groups in total. The highest BCUT2D eigenvalue weighted by molar-refractivity contribution is 5.85. The molecule has 2 aromatic carbocycles. The van der Waals surface area contributed by atoms with Crippen LogP contribution in [0.15, 0.2) is 60.7 Å². The first-order valence-corrected chi connectivity index (χ1v) is 10.0. The normalized spacial score (nSPS) is 14.8. The number of rotatable bonds is 7. The highest BCUT2D eigenvalue weighted by Crippen LogP contribution is 2.11. The molecule has 0 aliphatic carbocycles. The first-order valence-electron chi connectivity index (χ1n) is 10.0. The zero-order chi connectivity index (χ0) is 19.8. The number of benzene rings is 2. The van der Waals surface area contributed by atoms with Gasteiger partial charge in [0, 0.05) is 32.6 Å². The fourth-order valence-corrected chi connectivity index (χ4v) is 3.61. The Kier molecular flexibility index (Phi) is 9.16. The molecule has 1 atom stereocenters. The molecule has 1 aliphatic heterocycles. The Balaban J connectivity index is 0.00000300. The number of aryl methyl sites for hydroxylation is 1. The maximum absolute atomic E-state index is 12.6. The quantitative estimate of drug-likeness (QED) is 0.756. The third-order valence-corrected chi connectivity index (χ3v) is 5.26. The van der Waals surface area contributed by atoms with E-state index in [-0.39, 0.29) is 24.2 Å². The molecular formula is C23H30ClN3O2. The van der Waals surface area contributed by atoms with E-state index in [1.165, 1.54) is 5.56 Å². The van der Waals surface area contributed by atoms with Crippen LogP contribution in [0.25, 0.3) is 0 Å². The number of carbonyl (C=O) groups excluding carboxylic acids is 2. The Morgan fingerprint density at radius 2 is 1.34 bits per heavy atom. The number of carbonyl (C=O) groups is 2. The average molecular weight is 416 g/mol. The van der Waals surface area contributed by atoms with E-state index in [4.69, 9.17) is 5.73 Å². The van der Waals surface area contributed by atoms with Crippen LogP contribution in [0.1, 0.15) is 24.0 Å². The van der Waals surface area contributed by atoms with Gasteiger partial charge in [0.1, 0.15) is 0 Å². The lowest BCUT2D eigenvalue weighted by molar-refractivity contribution is -0.140. The van der Waals surface area contributed by atoms with Crippen molar-refractivity contribution in [1.29, 1.82) is 0 Å². The minimum atomic E-state index is -0.532. The predicted octanol–water partition coefficient (Wildman–Crippen LogP) is 2.67. The van der Waals surface area contributed by atoms with Crippen molar-refractivity contribution in [2.45, 2.75) is 31.7 Å². The predicted molar refractivity (Wildman–Crippen MR) is 118 cm³/mol. The molecule has 0 spiro atoms. The van der Waals surface area contributed by atoms with Crippen molar-refractivity contribution in [3.8, 4) is 0 Å². The van der Waals surface area contributed by atoms with Crippen molar-refractivity contribution in [3.05, 3.63) is 71.8 Å². The molecule has 0 unspecified atom stereocenters. The van der Waals surface area contributed by atoms with E-state index in [1.807, 2.05) is 53.4 Å². The molecule has 0 bridgehead atoms. The van der Waals surface area contributed by atoms with Crippen LogP contribution >= 0.6 is 12.4 Å². The van der Waals surface area contributed by atoms with Gasteiger partial charge in [0.15, 0.2) is 0 Å². The second-order valence-electron chi connectivity index (χ2n) is 7.34. The van der Waals surface area contributed by atoms with Crippen molar-refractivity contribution in [1.82, 2.24) is 9.80 Å². The average Bonchev–Trinajstić information content (AvgIpc) is 2.74. The van der Waals surface area contributed by atoms with Gasteiger partial charge in [-0.1, -0.05) is 60.7 Å². The van der Waals surface area contributed by atoms with Crippen molar-refractivity contribution in [2.24, 2.45) is 5.73 Å². The third kappa shape index (κ3) is 6.87. The van der Waals surface area contributed by atoms with Gasteiger partial charge in [0.2, 0.25) is 11.8 Å². The molecule has 3 rings (SSSR count). The summed E-state index contributed by atoms with van der Waals surface area (Å²) in [6.07, 6.45) is 2.86. The summed E-state index contributed by atoms with van der Waals surface area (Å²) >= 11 is 0. The van der Waals surface area contributed by atoms with Crippen LogP contribution < -0.4 is 5.73 Å². The number of nitrogens with two attached hydrogens (primary N) is 1. The summed E-state index contributed by atoms with van der Waals surface area (Å²) in [7, 11) is 0. The van der Waals surface area contributed by atoms with E-state index in [2.05, 4.69) is 12.1 Å². The van der Waals surface area contributed by atoms with Gasteiger partial charge in [0.25, 0.3) is 0 Å². The molecule has 2 aromatic rings. The molecule has 2 amide bonds. The smallest absolute Gasteiger partial charge is 0.239 e. The molecule has 156 valence electrons. The summed E-state index contributed by atoms with van der Waals surface area (Å²) in [5, 5.41) is 0. The van der Waals surface area contributed by atoms with Gasteiger partial charge in [-0.3, -0.25) is 9.59 Å². The van der Waals surface area contributed by atoms with Crippen molar-refractivity contribution < 1.29 is 9.59 Å². The van der Waals surface area contributed by atoms with Crippen LogP contribution in [-0.2, 0) is 22.4 Å². The SMILES string of the molecule is Cl.N[C@@H](Cc1ccccc1)C(=O)N1CCN(C(=O)CCCc2ccccc2)CC1. The Labute approximate surface area is 179 Å². The molecule has 1 saturated heterocycles. The molecule has 0 aromatic heterocycles. The van der Waals surface area contributed by atoms with Crippen molar-refractivity contribution in [3.63, 3.8) is 0 Å². The fourth-order valence-electron chi connectivity index (χ4n) is 3.61. The number of amides is 2. The van der Waals surface area contributed by atoms with Gasteiger partial charge in [-0.2, -0.15) is 0 Å². The van der Waals surface area contributed by atoms with E-state index < -0.39 is 6.04 Å². The Morgan fingerprint density at radius 1 is 0.828 bits per heavy atom. The summed E-state index contributed by atoms with van der Waals surface area (Å²) in [4.78, 5) is 28.7. The van der Waals surface area contributed by atoms with E-state index >= 15 is 0 Å². The van der Waals surface area contributed by atoms with Gasteiger partial charge in [0.05, 0.1) is 6.04 Å². The van der Waals surface area contributed by atoms with Crippen molar-refractivity contribution in [2.75, 3.05) is 26.2 Å². The second kappa shape index (κ2) is 11.6. The largest absolute Gasteiger partial charge is 0.339 e. The maximum atomic E-state index is 12.6. The zero-order valence-electron chi connectivity index (χ0n) is 16.7. The first-order chi connectivity index (χ1) is 13.6. The van der Waals surface area contributed by atoms with Crippen molar-refractivity contribution >= 4 is 24.2 Å². The summed E-state index contributed by atoms with van der Waals surface area (Å²) in [6.45, 7) is 2.30. The standard InChI is InChI=1S/C23H29N3O2.ClH/c24-21(18-20-10-5-2-6-11-20)23(28)26-16-14-25(15-17-26)22(27)13-7-12-19-8-3-1-4-9-19;/h1-6,8-11,21H,7,12-18,24H2;1H/t21-;/m0./s1. The Morgan fingerprint density at radius 3 is 1.93 bits per heavy atom. The van der Waals surface area contributed by atoms with Crippen LogP contribution in [0.3, 0.4) is 0 Å². The highest BCUT2D eigenvalue weighted by Gasteiger charge is 2.27. The van der Waals surface area contributed by atoms with E-state index in [1.54, 1.807) is 4.90 Å². The van der Waals surface area contributed by atoms with Crippen LogP contribution in [0, 0.1) is 0 Å². The third-order valence-electron chi connectivity index (χ3n) is 5.26. The topological polar surface area (TPSA) is 66.6 Å². The van der Waals surface area contributed by atoms with Crippen LogP contribution in [0.2, 0.25) is 0 Å². The minimum absolute atomic E-state index is 0. The summed E-state index contributed by atoms with van der Waals surface area (Å²) in [5.74, 6) is 0.150. The van der Waals surface area contributed by atoms with E-state index in [9.17, 15) is 9.59 Å².